The zero-order valence-corrected chi connectivity index (χ0v) is 14.1. The highest BCUT2D eigenvalue weighted by atomic mass is 32.2. The number of hydrogen-bond donors (Lipinski definition) is 0. The number of rotatable bonds is 4. The highest BCUT2D eigenvalue weighted by Gasteiger charge is 2.08. The molecule has 0 bridgehead atoms. The third kappa shape index (κ3) is 3.16. The molecule has 0 aliphatic carbocycles. The lowest BCUT2D eigenvalue weighted by Gasteiger charge is -2.08. The second kappa shape index (κ2) is 6.09. The predicted molar refractivity (Wildman–Crippen MR) is 91.2 cm³/mol. The molecule has 0 N–H and O–H groups in total. The lowest BCUT2D eigenvalue weighted by Crippen LogP contribution is -2.21. The van der Waals surface area contributed by atoms with Gasteiger partial charge in [0.05, 0.1) is 35.8 Å². The van der Waals surface area contributed by atoms with Gasteiger partial charge in [0, 0.05) is 6.26 Å². The number of sulfone groups is 1. The molecule has 0 aliphatic heterocycles. The SMILES string of the molecule is COc1ccc2ncn(Cc3ccc(S(C)(=O)=O)cc3)c(=O)c2c1. The van der Waals surface area contributed by atoms with Crippen molar-refractivity contribution in [2.45, 2.75) is 11.4 Å². The van der Waals surface area contributed by atoms with Crippen LogP contribution in [0.1, 0.15) is 5.56 Å². The first-order valence-corrected chi connectivity index (χ1v) is 9.10. The molecule has 24 heavy (non-hydrogen) atoms. The monoisotopic (exact) mass is 344 g/mol. The van der Waals surface area contributed by atoms with Gasteiger partial charge >= 0.3 is 0 Å². The van der Waals surface area contributed by atoms with Crippen LogP contribution in [0.15, 0.2) is 58.5 Å². The molecule has 0 radical (unpaired) electrons. The van der Waals surface area contributed by atoms with E-state index in [4.69, 9.17) is 4.74 Å². The van der Waals surface area contributed by atoms with Crippen LogP contribution >= 0.6 is 0 Å². The number of fused-ring (bicyclic) bond motifs is 1. The number of hydrogen-bond acceptors (Lipinski definition) is 5. The van der Waals surface area contributed by atoms with Crippen molar-refractivity contribution in [2.75, 3.05) is 13.4 Å². The van der Waals surface area contributed by atoms with Gasteiger partial charge in [0.15, 0.2) is 9.84 Å². The third-order valence-electron chi connectivity index (χ3n) is 3.74. The van der Waals surface area contributed by atoms with Crippen LogP contribution in [0.2, 0.25) is 0 Å². The smallest absolute Gasteiger partial charge is 0.261 e. The van der Waals surface area contributed by atoms with Crippen LogP contribution in [0.5, 0.6) is 5.75 Å². The molecule has 1 aromatic heterocycles. The number of nitrogens with zero attached hydrogens (tertiary/aromatic N) is 2. The molecule has 0 unspecified atom stereocenters. The quantitative estimate of drug-likeness (QED) is 0.722. The molecule has 6 nitrogen and oxygen atoms in total. The van der Waals surface area contributed by atoms with Gasteiger partial charge < -0.3 is 4.74 Å². The van der Waals surface area contributed by atoms with Gasteiger partial charge in [-0.3, -0.25) is 9.36 Å². The highest BCUT2D eigenvalue weighted by molar-refractivity contribution is 7.90. The first kappa shape index (κ1) is 16.2. The van der Waals surface area contributed by atoms with E-state index in [-0.39, 0.29) is 10.5 Å². The molecular formula is C17H16N2O4S. The van der Waals surface area contributed by atoms with Gasteiger partial charge in [-0.2, -0.15) is 0 Å². The zero-order valence-electron chi connectivity index (χ0n) is 13.3. The summed E-state index contributed by atoms with van der Waals surface area (Å²) in [4.78, 5) is 17.1. The van der Waals surface area contributed by atoms with Gasteiger partial charge in [0.1, 0.15) is 5.75 Å². The Morgan fingerprint density at radius 3 is 2.46 bits per heavy atom. The fourth-order valence-electron chi connectivity index (χ4n) is 2.42. The molecule has 0 saturated heterocycles. The van der Waals surface area contributed by atoms with E-state index in [0.717, 1.165) is 11.8 Å². The molecule has 0 saturated carbocycles. The van der Waals surface area contributed by atoms with E-state index in [9.17, 15) is 13.2 Å². The van der Waals surface area contributed by atoms with Crippen LogP contribution in [-0.2, 0) is 16.4 Å². The summed E-state index contributed by atoms with van der Waals surface area (Å²) in [5.74, 6) is 0.594. The minimum absolute atomic E-state index is 0.175. The molecule has 0 aliphatic rings. The Labute approximate surface area is 139 Å². The fraction of sp³-hybridized carbons (Fsp3) is 0.176. The number of ether oxygens (including phenoxy) is 1. The Hall–Kier alpha value is -2.67. The Balaban J connectivity index is 1.98. The summed E-state index contributed by atoms with van der Waals surface area (Å²) in [6.45, 7) is 0.309. The predicted octanol–water partition coefficient (Wildman–Crippen LogP) is 1.86. The lowest BCUT2D eigenvalue weighted by atomic mass is 10.2. The van der Waals surface area contributed by atoms with Gasteiger partial charge in [-0.25, -0.2) is 13.4 Å². The van der Waals surface area contributed by atoms with E-state index < -0.39 is 9.84 Å². The Bertz CT molecular complexity index is 1050. The van der Waals surface area contributed by atoms with E-state index in [1.807, 2.05) is 0 Å². The van der Waals surface area contributed by atoms with Crippen molar-refractivity contribution >= 4 is 20.7 Å². The van der Waals surface area contributed by atoms with Gasteiger partial charge in [-0.1, -0.05) is 12.1 Å². The normalized spacial score (nSPS) is 11.6. The number of methoxy groups -OCH3 is 1. The van der Waals surface area contributed by atoms with Gasteiger partial charge in [-0.15, -0.1) is 0 Å². The van der Waals surface area contributed by atoms with Crippen LogP contribution in [0.25, 0.3) is 10.9 Å². The molecular weight excluding hydrogens is 328 g/mol. The van der Waals surface area contributed by atoms with Crippen LogP contribution in [0, 0.1) is 0 Å². The van der Waals surface area contributed by atoms with Crippen molar-refractivity contribution in [1.29, 1.82) is 0 Å². The minimum atomic E-state index is -3.23. The maximum atomic E-state index is 12.6. The summed E-state index contributed by atoms with van der Waals surface area (Å²) in [6.07, 6.45) is 2.65. The molecule has 3 rings (SSSR count). The first-order valence-electron chi connectivity index (χ1n) is 7.20. The lowest BCUT2D eigenvalue weighted by molar-refractivity contribution is 0.415. The van der Waals surface area contributed by atoms with E-state index in [1.54, 1.807) is 37.4 Å². The molecule has 124 valence electrons. The van der Waals surface area contributed by atoms with Gasteiger partial charge in [-0.05, 0) is 35.9 Å². The summed E-state index contributed by atoms with van der Waals surface area (Å²) in [5.41, 5.74) is 1.24. The molecule has 0 atom stereocenters. The molecule has 3 aromatic rings. The standard InChI is InChI=1S/C17H16N2O4S/c1-23-13-5-8-16-15(9-13)17(20)19(11-18-16)10-12-3-6-14(7-4-12)24(2,21)22/h3-9,11H,10H2,1-2H3. The number of benzene rings is 2. The van der Waals surface area contributed by atoms with Crippen molar-refractivity contribution in [3.63, 3.8) is 0 Å². The van der Waals surface area contributed by atoms with Gasteiger partial charge in [0.2, 0.25) is 0 Å². The van der Waals surface area contributed by atoms with Crippen molar-refractivity contribution in [1.82, 2.24) is 9.55 Å². The summed E-state index contributed by atoms with van der Waals surface area (Å²) in [5, 5.41) is 0.476. The average molecular weight is 344 g/mol. The van der Waals surface area contributed by atoms with Crippen molar-refractivity contribution in [3.05, 3.63) is 64.7 Å². The van der Waals surface area contributed by atoms with Crippen LogP contribution in [0.3, 0.4) is 0 Å². The molecule has 0 spiro atoms. The summed E-state index contributed by atoms with van der Waals surface area (Å²) in [6, 6.07) is 11.6. The van der Waals surface area contributed by atoms with Crippen molar-refractivity contribution < 1.29 is 13.2 Å². The van der Waals surface area contributed by atoms with E-state index in [2.05, 4.69) is 4.98 Å². The van der Waals surface area contributed by atoms with Crippen molar-refractivity contribution in [2.24, 2.45) is 0 Å². The van der Waals surface area contributed by atoms with Crippen LogP contribution < -0.4 is 10.3 Å². The van der Waals surface area contributed by atoms with Crippen LogP contribution in [0.4, 0.5) is 0 Å². The molecule has 7 heteroatoms. The Kier molecular flexibility index (Phi) is 4.11. The van der Waals surface area contributed by atoms with Crippen molar-refractivity contribution in [3.8, 4) is 5.75 Å². The maximum absolute atomic E-state index is 12.6. The molecule has 0 amide bonds. The van der Waals surface area contributed by atoms with E-state index in [0.29, 0.717) is 23.2 Å². The Morgan fingerprint density at radius 1 is 1.12 bits per heavy atom. The minimum Gasteiger partial charge on any atom is -0.497 e. The fourth-order valence-corrected chi connectivity index (χ4v) is 3.05. The van der Waals surface area contributed by atoms with Gasteiger partial charge in [0.25, 0.3) is 5.56 Å². The Morgan fingerprint density at radius 2 is 1.83 bits per heavy atom. The topological polar surface area (TPSA) is 78.3 Å². The second-order valence-electron chi connectivity index (χ2n) is 5.48. The summed E-state index contributed by atoms with van der Waals surface area (Å²) >= 11 is 0. The molecule has 0 fully saturated rings. The van der Waals surface area contributed by atoms with Crippen LogP contribution in [-0.4, -0.2) is 31.3 Å². The highest BCUT2D eigenvalue weighted by Crippen LogP contribution is 2.16. The summed E-state index contributed by atoms with van der Waals surface area (Å²) < 4.78 is 29.6. The maximum Gasteiger partial charge on any atom is 0.261 e. The van der Waals surface area contributed by atoms with E-state index >= 15 is 0 Å². The zero-order chi connectivity index (χ0) is 17.3. The summed E-state index contributed by atoms with van der Waals surface area (Å²) in [7, 11) is -1.69. The molecule has 2 aromatic carbocycles. The molecule has 1 heterocycles. The van der Waals surface area contributed by atoms with E-state index in [1.165, 1.54) is 23.0 Å². The largest absolute Gasteiger partial charge is 0.497 e. The average Bonchev–Trinajstić information content (AvgIpc) is 2.57. The second-order valence-corrected chi connectivity index (χ2v) is 7.49. The first-order chi connectivity index (χ1) is 11.4. The number of aromatic nitrogens is 2. The third-order valence-corrected chi connectivity index (χ3v) is 4.86.